The Kier molecular flexibility index (Phi) is 5.01. The molecule has 0 spiro atoms. The van der Waals surface area contributed by atoms with E-state index in [1.165, 1.54) is 11.8 Å². The van der Waals surface area contributed by atoms with Crippen molar-refractivity contribution in [3.63, 3.8) is 0 Å². The summed E-state index contributed by atoms with van der Waals surface area (Å²) in [5.41, 5.74) is 1.85. The highest BCUT2D eigenvalue weighted by Crippen LogP contribution is 2.27. The number of sulfone groups is 1. The number of aliphatic imine (C=N–C) groups is 1. The smallest absolute Gasteiger partial charge is 0.264 e. The van der Waals surface area contributed by atoms with Crippen molar-refractivity contribution in [1.29, 1.82) is 0 Å². The normalized spacial score (nSPS) is 23.2. The molecule has 6 nitrogen and oxygen atoms in total. The third kappa shape index (κ3) is 4.39. The molecule has 0 bridgehead atoms. The van der Waals surface area contributed by atoms with Crippen LogP contribution in [0.2, 0.25) is 0 Å². The van der Waals surface area contributed by atoms with Gasteiger partial charge >= 0.3 is 0 Å². The van der Waals surface area contributed by atoms with Crippen LogP contribution in [0, 0.1) is 5.92 Å². The molecule has 2 aromatic rings. The van der Waals surface area contributed by atoms with Crippen LogP contribution in [0.5, 0.6) is 0 Å². The van der Waals surface area contributed by atoms with E-state index in [1.807, 2.05) is 36.4 Å². The van der Waals surface area contributed by atoms with E-state index >= 15 is 0 Å². The van der Waals surface area contributed by atoms with E-state index < -0.39 is 9.84 Å². The summed E-state index contributed by atoms with van der Waals surface area (Å²) in [5, 5.41) is 4.40. The van der Waals surface area contributed by atoms with Crippen LogP contribution in [0.15, 0.2) is 46.4 Å². The number of amidine groups is 1. The molecule has 1 aromatic heterocycles. The highest BCUT2D eigenvalue weighted by molar-refractivity contribution is 8.18. The Balaban J connectivity index is 1.44. The first-order chi connectivity index (χ1) is 13.0. The van der Waals surface area contributed by atoms with Gasteiger partial charge in [0.05, 0.1) is 21.9 Å². The van der Waals surface area contributed by atoms with Crippen LogP contribution >= 0.6 is 11.8 Å². The molecule has 0 radical (unpaired) electrons. The summed E-state index contributed by atoms with van der Waals surface area (Å²) in [6, 6.07) is 9.75. The third-order valence-corrected chi connectivity index (χ3v) is 7.41. The van der Waals surface area contributed by atoms with Crippen LogP contribution in [0.3, 0.4) is 0 Å². The molecule has 2 fully saturated rings. The summed E-state index contributed by atoms with van der Waals surface area (Å²) in [5.74, 6) is 0.587. The van der Waals surface area contributed by atoms with Crippen molar-refractivity contribution in [2.24, 2.45) is 10.9 Å². The van der Waals surface area contributed by atoms with Crippen LogP contribution in [0.4, 0.5) is 0 Å². The number of thioether (sulfide) groups is 1. The SMILES string of the molecule is O=C1NC(=NCC2CCS(=O)(=O)CC2)S/C1=C\c1ccc2ncccc2c1. The van der Waals surface area contributed by atoms with Crippen molar-refractivity contribution < 1.29 is 13.2 Å². The molecule has 3 heterocycles. The third-order valence-electron chi connectivity index (χ3n) is 4.74. The highest BCUT2D eigenvalue weighted by atomic mass is 32.2. The van der Waals surface area contributed by atoms with Crippen LogP contribution in [0.1, 0.15) is 18.4 Å². The zero-order valence-corrected chi connectivity index (χ0v) is 16.2. The first-order valence-corrected chi connectivity index (χ1v) is 11.4. The number of hydrogen-bond acceptors (Lipinski definition) is 6. The van der Waals surface area contributed by atoms with Gasteiger partial charge in [-0.15, -0.1) is 0 Å². The van der Waals surface area contributed by atoms with Crippen molar-refractivity contribution in [1.82, 2.24) is 10.3 Å². The lowest BCUT2D eigenvalue weighted by molar-refractivity contribution is -0.115. The van der Waals surface area contributed by atoms with E-state index in [1.54, 1.807) is 6.20 Å². The molecule has 27 heavy (non-hydrogen) atoms. The molecule has 140 valence electrons. The van der Waals surface area contributed by atoms with Gasteiger partial charge in [-0.25, -0.2) is 8.42 Å². The second-order valence-corrected chi connectivity index (χ2v) is 10.1. The molecule has 4 rings (SSSR count). The van der Waals surface area contributed by atoms with Gasteiger partial charge in [-0.3, -0.25) is 14.8 Å². The predicted molar refractivity (Wildman–Crippen MR) is 109 cm³/mol. The molecule has 0 saturated carbocycles. The molecule has 0 unspecified atom stereocenters. The second-order valence-electron chi connectivity index (χ2n) is 6.76. The summed E-state index contributed by atoms with van der Waals surface area (Å²) in [7, 11) is -2.86. The number of amides is 1. The van der Waals surface area contributed by atoms with Crippen LogP contribution in [-0.4, -0.2) is 42.5 Å². The number of carbonyl (C=O) groups excluding carboxylic acids is 1. The lowest BCUT2D eigenvalue weighted by Gasteiger charge is -2.19. The minimum atomic E-state index is -2.86. The summed E-state index contributed by atoms with van der Waals surface area (Å²) in [6.45, 7) is 0.549. The number of rotatable bonds is 3. The van der Waals surface area contributed by atoms with Crippen LogP contribution in [0.25, 0.3) is 17.0 Å². The van der Waals surface area contributed by atoms with Gasteiger partial charge < -0.3 is 5.32 Å². The lowest BCUT2D eigenvalue weighted by atomic mass is 10.0. The van der Waals surface area contributed by atoms with Gasteiger partial charge in [-0.1, -0.05) is 12.1 Å². The number of carbonyl (C=O) groups is 1. The van der Waals surface area contributed by atoms with Gasteiger partial charge in [0.25, 0.3) is 5.91 Å². The fraction of sp³-hybridized carbons (Fsp3) is 0.316. The maximum atomic E-state index is 12.2. The second kappa shape index (κ2) is 7.44. The summed E-state index contributed by atoms with van der Waals surface area (Å²) >= 11 is 1.32. The zero-order valence-electron chi connectivity index (χ0n) is 14.6. The van der Waals surface area contributed by atoms with Gasteiger partial charge in [0.2, 0.25) is 0 Å². The van der Waals surface area contributed by atoms with Crippen molar-refractivity contribution in [3.8, 4) is 0 Å². The fourth-order valence-corrected chi connectivity index (χ4v) is 5.59. The number of pyridine rings is 1. The van der Waals surface area contributed by atoms with Crippen LogP contribution < -0.4 is 5.32 Å². The molecule has 1 aromatic carbocycles. The zero-order chi connectivity index (χ0) is 18.9. The molecule has 1 amide bonds. The fourth-order valence-electron chi connectivity index (χ4n) is 3.17. The number of nitrogens with one attached hydrogen (secondary N) is 1. The topological polar surface area (TPSA) is 88.5 Å². The predicted octanol–water partition coefficient (Wildman–Crippen LogP) is 2.62. The number of aromatic nitrogens is 1. The Morgan fingerprint density at radius 3 is 2.89 bits per heavy atom. The minimum absolute atomic E-state index is 0.156. The number of benzene rings is 1. The lowest BCUT2D eigenvalue weighted by Crippen LogP contribution is -2.26. The first-order valence-electron chi connectivity index (χ1n) is 8.79. The largest absolute Gasteiger partial charge is 0.301 e. The molecular weight excluding hydrogens is 382 g/mol. The van der Waals surface area contributed by atoms with Gasteiger partial charge in [0.15, 0.2) is 5.17 Å². The average Bonchev–Trinajstić information content (AvgIpc) is 3.00. The van der Waals surface area contributed by atoms with E-state index in [0.29, 0.717) is 29.5 Å². The molecule has 2 aliphatic rings. The van der Waals surface area contributed by atoms with Crippen molar-refractivity contribution in [2.45, 2.75) is 12.8 Å². The minimum Gasteiger partial charge on any atom is -0.301 e. The molecule has 2 saturated heterocycles. The van der Waals surface area contributed by atoms with Crippen LogP contribution in [-0.2, 0) is 14.6 Å². The number of fused-ring (bicyclic) bond motifs is 1. The first kappa shape index (κ1) is 18.2. The maximum absolute atomic E-state index is 12.2. The molecular formula is C19H19N3O3S2. The van der Waals surface area contributed by atoms with Gasteiger partial charge in [0.1, 0.15) is 9.84 Å². The molecule has 2 aliphatic heterocycles. The number of hydrogen-bond donors (Lipinski definition) is 1. The Morgan fingerprint density at radius 1 is 1.26 bits per heavy atom. The van der Waals surface area contributed by atoms with Crippen molar-refractivity contribution >= 4 is 49.7 Å². The monoisotopic (exact) mass is 401 g/mol. The van der Waals surface area contributed by atoms with Gasteiger partial charge in [-0.05, 0) is 60.4 Å². The Morgan fingerprint density at radius 2 is 2.07 bits per heavy atom. The van der Waals surface area contributed by atoms with Gasteiger partial charge in [0, 0.05) is 18.1 Å². The quantitative estimate of drug-likeness (QED) is 0.799. The molecule has 0 atom stereocenters. The molecule has 1 N–H and O–H groups in total. The van der Waals surface area contributed by atoms with E-state index in [9.17, 15) is 13.2 Å². The standard InChI is InChI=1S/C19H19N3O3S2/c23-18-17(11-14-3-4-16-15(10-14)2-1-7-20-16)26-19(22-18)21-12-13-5-8-27(24,25)9-6-13/h1-4,7,10-11,13H,5-6,8-9,12H2,(H,21,22,23)/b17-11-. The summed E-state index contributed by atoms with van der Waals surface area (Å²) in [4.78, 5) is 21.6. The van der Waals surface area contributed by atoms with Crippen molar-refractivity contribution in [3.05, 3.63) is 47.0 Å². The average molecular weight is 402 g/mol. The number of nitrogens with zero attached hydrogens (tertiary/aromatic N) is 2. The molecule has 0 aliphatic carbocycles. The van der Waals surface area contributed by atoms with E-state index in [-0.39, 0.29) is 23.3 Å². The Bertz CT molecular complexity index is 1050. The summed E-state index contributed by atoms with van der Waals surface area (Å²) < 4.78 is 23.0. The van der Waals surface area contributed by atoms with Crippen molar-refractivity contribution in [2.75, 3.05) is 18.1 Å². The Hall–Kier alpha value is -2.19. The van der Waals surface area contributed by atoms with E-state index in [4.69, 9.17) is 0 Å². The van der Waals surface area contributed by atoms with E-state index in [2.05, 4.69) is 15.3 Å². The molecule has 8 heteroatoms. The summed E-state index contributed by atoms with van der Waals surface area (Å²) in [6.07, 6.45) is 4.89. The maximum Gasteiger partial charge on any atom is 0.264 e. The van der Waals surface area contributed by atoms with Gasteiger partial charge in [-0.2, -0.15) is 0 Å². The van der Waals surface area contributed by atoms with E-state index in [0.717, 1.165) is 16.5 Å². The Labute approximate surface area is 162 Å². The highest BCUT2D eigenvalue weighted by Gasteiger charge is 2.26.